The lowest BCUT2D eigenvalue weighted by Gasteiger charge is -2.18. The van der Waals surface area contributed by atoms with Crippen molar-refractivity contribution in [1.82, 2.24) is 0 Å². The van der Waals surface area contributed by atoms with E-state index in [9.17, 15) is 14.4 Å². The zero-order chi connectivity index (χ0) is 50.0. The van der Waals surface area contributed by atoms with E-state index < -0.39 is 6.10 Å². The predicted octanol–water partition coefficient (Wildman–Crippen LogP) is 18.2. The zero-order valence-corrected chi connectivity index (χ0v) is 43.8. The van der Waals surface area contributed by atoms with E-state index in [-0.39, 0.29) is 37.5 Å². The average molecular weight is 949 g/mol. The highest BCUT2D eigenvalue weighted by Crippen LogP contribution is 2.13. The molecule has 1 atom stereocenters. The molecule has 0 fully saturated rings. The van der Waals surface area contributed by atoms with Crippen LogP contribution >= 0.6 is 0 Å². The summed E-state index contributed by atoms with van der Waals surface area (Å²) in [6.45, 7) is 6.24. The SMILES string of the molecule is CC\C=C/C=C\C=C/C=C\C=C/CCCCCC(=O)OCC(COC(=O)CCCCC\C=C/C=C\C=C\C=C/C=C\C=C/C=C\CC)OC(=O)CCCCCCCCC/C=C\CCCCCCCC. The van der Waals surface area contributed by atoms with Crippen LogP contribution in [0.1, 0.15) is 201 Å². The number of hydrogen-bond acceptors (Lipinski definition) is 6. The molecule has 0 heterocycles. The van der Waals surface area contributed by atoms with Gasteiger partial charge in [-0.25, -0.2) is 0 Å². The van der Waals surface area contributed by atoms with Gasteiger partial charge in [0.05, 0.1) is 0 Å². The van der Waals surface area contributed by atoms with Crippen molar-refractivity contribution in [2.45, 2.75) is 207 Å². The molecule has 0 rings (SSSR count). The topological polar surface area (TPSA) is 78.9 Å². The van der Waals surface area contributed by atoms with Crippen molar-refractivity contribution < 1.29 is 28.6 Å². The van der Waals surface area contributed by atoms with Crippen molar-refractivity contribution in [2.24, 2.45) is 0 Å². The number of carbonyl (C=O) groups is 3. The Kier molecular flexibility index (Phi) is 51.6. The molecule has 1 unspecified atom stereocenters. The van der Waals surface area contributed by atoms with Gasteiger partial charge in [0.1, 0.15) is 13.2 Å². The monoisotopic (exact) mass is 949 g/mol. The number of unbranched alkanes of at least 4 members (excludes halogenated alkanes) is 19. The van der Waals surface area contributed by atoms with Crippen LogP contribution in [0.25, 0.3) is 0 Å². The Morgan fingerprint density at radius 1 is 0.304 bits per heavy atom. The largest absolute Gasteiger partial charge is 0.462 e. The first kappa shape index (κ1) is 64.0. The second kappa shape index (κ2) is 55.6. The van der Waals surface area contributed by atoms with Crippen LogP contribution in [0.2, 0.25) is 0 Å². The third-order valence-corrected chi connectivity index (χ3v) is 10.8. The van der Waals surface area contributed by atoms with Crippen LogP contribution in [-0.2, 0) is 28.6 Å². The minimum atomic E-state index is -0.825. The molecule has 69 heavy (non-hydrogen) atoms. The van der Waals surface area contributed by atoms with Gasteiger partial charge in [-0.05, 0) is 83.5 Å². The highest BCUT2D eigenvalue weighted by Gasteiger charge is 2.19. The third kappa shape index (κ3) is 53.8. The Bertz CT molecular complexity index is 1610. The number of esters is 3. The molecule has 0 aromatic carbocycles. The van der Waals surface area contributed by atoms with E-state index in [1.807, 2.05) is 122 Å². The maximum Gasteiger partial charge on any atom is 0.306 e. The zero-order valence-electron chi connectivity index (χ0n) is 43.8. The molecule has 0 saturated carbocycles. The van der Waals surface area contributed by atoms with Gasteiger partial charge in [-0.1, -0.05) is 256 Å². The van der Waals surface area contributed by atoms with E-state index in [1.54, 1.807) is 0 Å². The van der Waals surface area contributed by atoms with E-state index in [0.717, 1.165) is 77.0 Å². The maximum absolute atomic E-state index is 12.8. The Balaban J connectivity index is 4.60. The van der Waals surface area contributed by atoms with Crippen LogP contribution in [0.4, 0.5) is 0 Å². The Morgan fingerprint density at radius 3 is 0.942 bits per heavy atom. The minimum Gasteiger partial charge on any atom is -0.462 e. The second-order valence-electron chi connectivity index (χ2n) is 17.3. The van der Waals surface area contributed by atoms with Crippen LogP contribution in [0.3, 0.4) is 0 Å². The van der Waals surface area contributed by atoms with Crippen molar-refractivity contribution in [3.63, 3.8) is 0 Å². The molecule has 6 heteroatoms. The number of carbonyl (C=O) groups excluding carboxylic acids is 3. The van der Waals surface area contributed by atoms with Gasteiger partial charge in [0.15, 0.2) is 6.10 Å². The van der Waals surface area contributed by atoms with E-state index >= 15 is 0 Å². The quantitative estimate of drug-likeness (QED) is 0.0199. The fourth-order valence-electron chi connectivity index (χ4n) is 6.79. The van der Waals surface area contributed by atoms with Gasteiger partial charge >= 0.3 is 17.9 Å². The summed E-state index contributed by atoms with van der Waals surface area (Å²) < 4.78 is 16.8. The second-order valence-corrected chi connectivity index (χ2v) is 17.3. The van der Waals surface area contributed by atoms with Crippen LogP contribution in [0.5, 0.6) is 0 Å². The number of ether oxygens (including phenoxy) is 3. The van der Waals surface area contributed by atoms with E-state index in [2.05, 4.69) is 57.2 Å². The Hall–Kier alpha value is -4.97. The van der Waals surface area contributed by atoms with Crippen molar-refractivity contribution in [3.8, 4) is 0 Å². The molecule has 0 spiro atoms. The van der Waals surface area contributed by atoms with Crippen molar-refractivity contribution in [1.29, 1.82) is 0 Å². The first-order valence-electron chi connectivity index (χ1n) is 27.2. The lowest BCUT2D eigenvalue weighted by Crippen LogP contribution is -2.30. The van der Waals surface area contributed by atoms with Gasteiger partial charge in [0, 0.05) is 19.3 Å². The van der Waals surface area contributed by atoms with Gasteiger partial charge in [-0.15, -0.1) is 0 Å². The molecule has 0 aliphatic heterocycles. The summed E-state index contributed by atoms with van der Waals surface area (Å²) in [5.74, 6) is -1.02. The molecule has 0 bridgehead atoms. The van der Waals surface area contributed by atoms with E-state index in [0.29, 0.717) is 19.3 Å². The predicted molar refractivity (Wildman–Crippen MR) is 297 cm³/mol. The summed E-state index contributed by atoms with van der Waals surface area (Å²) in [5.41, 5.74) is 0. The molecular formula is C63H96O6. The first-order chi connectivity index (χ1) is 34.0. The molecule has 0 radical (unpaired) electrons. The van der Waals surface area contributed by atoms with Gasteiger partial charge in [0.2, 0.25) is 0 Å². The molecule has 0 aromatic rings. The number of hydrogen-bond donors (Lipinski definition) is 0. The van der Waals surface area contributed by atoms with Crippen molar-refractivity contribution in [3.05, 3.63) is 158 Å². The summed E-state index contributed by atoms with van der Waals surface area (Å²) in [6, 6.07) is 0. The molecule has 384 valence electrons. The van der Waals surface area contributed by atoms with Gasteiger partial charge < -0.3 is 14.2 Å². The minimum absolute atomic E-state index is 0.124. The molecule has 0 amide bonds. The van der Waals surface area contributed by atoms with Crippen molar-refractivity contribution >= 4 is 17.9 Å². The smallest absolute Gasteiger partial charge is 0.306 e. The summed E-state index contributed by atoms with van der Waals surface area (Å²) >= 11 is 0. The van der Waals surface area contributed by atoms with Crippen LogP contribution < -0.4 is 0 Å². The molecule has 6 nitrogen and oxygen atoms in total. The molecular weight excluding hydrogens is 853 g/mol. The van der Waals surface area contributed by atoms with E-state index in [4.69, 9.17) is 14.2 Å². The van der Waals surface area contributed by atoms with Crippen LogP contribution in [0.15, 0.2) is 158 Å². The molecule has 0 N–H and O–H groups in total. The molecule has 0 aliphatic carbocycles. The average Bonchev–Trinajstić information content (AvgIpc) is 3.35. The number of allylic oxidation sites excluding steroid dienone is 26. The molecule has 0 aliphatic rings. The summed E-state index contributed by atoms with van der Waals surface area (Å²) in [6.07, 6.45) is 80.8. The molecule has 0 saturated heterocycles. The lowest BCUT2D eigenvalue weighted by atomic mass is 10.1. The fourth-order valence-corrected chi connectivity index (χ4v) is 6.79. The highest BCUT2D eigenvalue weighted by atomic mass is 16.6. The Labute approximate surface area is 422 Å². The van der Waals surface area contributed by atoms with Gasteiger partial charge in [0.25, 0.3) is 0 Å². The van der Waals surface area contributed by atoms with Gasteiger partial charge in [-0.2, -0.15) is 0 Å². The standard InChI is InChI=1S/C63H96O6/c1-4-7-10-13-16-19-22-25-28-30-31-33-35-38-41-44-47-50-53-56-62(65)68-59-60(58-67-61(64)55-52-49-46-43-40-37-34-27-24-21-18-15-12-9-6-3)69-63(66)57-54-51-48-45-42-39-36-32-29-26-23-20-17-14-11-8-5-2/h7,9-10,12-13,15-16,18-19,21-22,24-31,33-35,37-38,40-41,60H,4-6,8,11,14,17,20,23,32,36,39,42-59H2,1-3H3/b10-7-,12-9-,16-13-,18-15-,22-19-,24-21-,28-25-,29-26-,31-30+,34-27-,35-33-,40-37-,41-38-. The number of rotatable bonds is 46. The summed E-state index contributed by atoms with van der Waals surface area (Å²) in [5, 5.41) is 0. The lowest BCUT2D eigenvalue weighted by molar-refractivity contribution is -0.167. The third-order valence-electron chi connectivity index (χ3n) is 10.8. The van der Waals surface area contributed by atoms with Crippen LogP contribution in [-0.4, -0.2) is 37.2 Å². The maximum atomic E-state index is 12.8. The summed E-state index contributed by atoms with van der Waals surface area (Å²) in [4.78, 5) is 38.1. The van der Waals surface area contributed by atoms with Gasteiger partial charge in [-0.3, -0.25) is 14.4 Å². The van der Waals surface area contributed by atoms with E-state index in [1.165, 1.54) is 77.0 Å². The Morgan fingerprint density at radius 2 is 0.580 bits per heavy atom. The fraction of sp³-hybridized carbons (Fsp3) is 0.540. The first-order valence-corrected chi connectivity index (χ1v) is 27.2. The normalized spacial score (nSPS) is 13.4. The van der Waals surface area contributed by atoms with Crippen LogP contribution in [0, 0.1) is 0 Å². The highest BCUT2D eigenvalue weighted by molar-refractivity contribution is 5.71. The summed E-state index contributed by atoms with van der Waals surface area (Å²) in [7, 11) is 0. The van der Waals surface area contributed by atoms with Crippen molar-refractivity contribution in [2.75, 3.05) is 13.2 Å². The molecule has 0 aromatic heterocycles.